The number of aromatic nitrogens is 1. The average molecular weight is 324 g/mol. The van der Waals surface area contributed by atoms with E-state index in [1.807, 2.05) is 0 Å². The van der Waals surface area contributed by atoms with E-state index in [4.69, 9.17) is 9.26 Å². The quantitative estimate of drug-likeness (QED) is 0.912. The fourth-order valence-corrected chi connectivity index (χ4v) is 4.33. The van der Waals surface area contributed by atoms with Gasteiger partial charge in [0.05, 0.1) is 12.7 Å². The Morgan fingerprint density at radius 1 is 1.21 bits per heavy atom. The first-order valence-corrected chi connectivity index (χ1v) is 9.18. The van der Waals surface area contributed by atoms with Gasteiger partial charge in [0.25, 0.3) is 0 Å². The molecule has 2 bridgehead atoms. The molecule has 4 nitrogen and oxygen atoms in total. The number of hydrogen-bond donors (Lipinski definition) is 1. The zero-order valence-corrected chi connectivity index (χ0v) is 14.1. The van der Waals surface area contributed by atoms with Gasteiger partial charge >= 0.3 is 0 Å². The number of nitrogens with one attached hydrogen (secondary N) is 1. The molecule has 2 aliphatic carbocycles. The van der Waals surface area contributed by atoms with Crippen LogP contribution in [-0.2, 0) is 11.3 Å². The summed E-state index contributed by atoms with van der Waals surface area (Å²) in [5, 5.41) is 7.92. The summed E-state index contributed by atoms with van der Waals surface area (Å²) in [6.07, 6.45) is 4.17. The molecule has 1 aromatic carbocycles. The molecule has 24 heavy (non-hydrogen) atoms. The van der Waals surface area contributed by atoms with Crippen LogP contribution >= 0.6 is 0 Å². The Morgan fingerprint density at radius 2 is 2.00 bits per heavy atom. The van der Waals surface area contributed by atoms with Gasteiger partial charge in [-0.15, -0.1) is 0 Å². The van der Waals surface area contributed by atoms with E-state index in [2.05, 4.69) is 41.7 Å². The van der Waals surface area contributed by atoms with Crippen LogP contribution in [0.2, 0.25) is 0 Å². The molecule has 1 N–H and O–H groups in total. The lowest BCUT2D eigenvalue weighted by atomic mass is 9.69. The van der Waals surface area contributed by atoms with E-state index in [1.165, 1.54) is 36.0 Å². The number of rotatable bonds is 5. The molecule has 3 aliphatic rings. The summed E-state index contributed by atoms with van der Waals surface area (Å²) in [5.41, 5.74) is 4.57. The van der Waals surface area contributed by atoms with E-state index in [-0.39, 0.29) is 0 Å². The Morgan fingerprint density at radius 3 is 2.71 bits per heavy atom. The van der Waals surface area contributed by atoms with Crippen LogP contribution in [0.1, 0.15) is 42.1 Å². The van der Waals surface area contributed by atoms with Crippen LogP contribution in [0, 0.1) is 18.8 Å². The Hall–Kier alpha value is -1.65. The molecule has 5 rings (SSSR count). The average Bonchev–Trinajstić information content (AvgIpc) is 3.37. The highest BCUT2D eigenvalue weighted by Crippen LogP contribution is 2.45. The van der Waals surface area contributed by atoms with Crippen LogP contribution in [0.3, 0.4) is 0 Å². The molecule has 2 heterocycles. The fourth-order valence-electron chi connectivity index (χ4n) is 4.33. The van der Waals surface area contributed by atoms with Crippen LogP contribution in [0.25, 0.3) is 11.3 Å². The molecular formula is C20H24N2O2. The van der Waals surface area contributed by atoms with Crippen LogP contribution in [0.15, 0.2) is 28.8 Å². The number of ether oxygens (including phenoxy) is 1. The van der Waals surface area contributed by atoms with Crippen molar-refractivity contribution in [1.82, 2.24) is 10.5 Å². The van der Waals surface area contributed by atoms with E-state index in [0.717, 1.165) is 24.5 Å². The third-order valence-electron chi connectivity index (χ3n) is 5.93. The highest BCUT2D eigenvalue weighted by Gasteiger charge is 2.45. The summed E-state index contributed by atoms with van der Waals surface area (Å²) in [4.78, 5) is 0. The highest BCUT2D eigenvalue weighted by molar-refractivity contribution is 5.67. The zero-order valence-electron chi connectivity index (χ0n) is 14.1. The molecule has 1 saturated heterocycles. The van der Waals surface area contributed by atoms with Gasteiger partial charge in [-0.3, -0.25) is 0 Å². The van der Waals surface area contributed by atoms with Crippen LogP contribution in [-0.4, -0.2) is 24.4 Å². The van der Waals surface area contributed by atoms with Crippen LogP contribution in [0.5, 0.6) is 0 Å². The number of benzene rings is 1. The molecule has 3 fully saturated rings. The molecule has 2 aromatic rings. The number of nitrogens with zero attached hydrogens (tertiary/aromatic N) is 1. The minimum atomic E-state index is 0.415. The van der Waals surface area contributed by atoms with Crippen molar-refractivity contribution in [2.24, 2.45) is 11.8 Å². The maximum absolute atomic E-state index is 6.37. The molecular weight excluding hydrogens is 300 g/mol. The van der Waals surface area contributed by atoms with Gasteiger partial charge in [0.1, 0.15) is 11.5 Å². The highest BCUT2D eigenvalue weighted by atomic mass is 16.5. The summed E-state index contributed by atoms with van der Waals surface area (Å²) in [5.74, 6) is 3.00. The smallest absolute Gasteiger partial charge is 0.145 e. The SMILES string of the molecule is Cc1ccccc1-c1noc(C2CC2)c1COC1C2CNCC1C2. The Labute approximate surface area is 142 Å². The van der Waals surface area contributed by atoms with Crippen molar-refractivity contribution in [2.75, 3.05) is 13.1 Å². The fraction of sp³-hybridized carbons (Fsp3) is 0.550. The minimum absolute atomic E-state index is 0.415. The van der Waals surface area contributed by atoms with Gasteiger partial charge in [-0.05, 0) is 43.6 Å². The number of fused-ring (bicyclic) bond motifs is 2. The van der Waals surface area contributed by atoms with Gasteiger partial charge in [0.15, 0.2) is 0 Å². The predicted molar refractivity (Wildman–Crippen MR) is 91.7 cm³/mol. The summed E-state index contributed by atoms with van der Waals surface area (Å²) in [6.45, 7) is 4.97. The largest absolute Gasteiger partial charge is 0.373 e. The summed E-state index contributed by atoms with van der Waals surface area (Å²) in [6, 6.07) is 8.41. The van der Waals surface area contributed by atoms with Crippen molar-refractivity contribution in [2.45, 2.75) is 44.8 Å². The first kappa shape index (κ1) is 14.7. The molecule has 126 valence electrons. The molecule has 0 amide bonds. The molecule has 0 radical (unpaired) electrons. The normalized spacial score (nSPS) is 28.6. The van der Waals surface area contributed by atoms with Crippen molar-refractivity contribution < 1.29 is 9.26 Å². The van der Waals surface area contributed by atoms with Crippen molar-refractivity contribution in [1.29, 1.82) is 0 Å². The molecule has 4 heteroatoms. The third-order valence-corrected chi connectivity index (χ3v) is 5.93. The van der Waals surface area contributed by atoms with Crippen molar-refractivity contribution in [3.8, 4) is 11.3 Å². The first-order valence-electron chi connectivity index (χ1n) is 9.18. The van der Waals surface area contributed by atoms with E-state index in [9.17, 15) is 0 Å². The number of hydrogen-bond acceptors (Lipinski definition) is 4. The maximum atomic E-state index is 6.37. The Kier molecular flexibility index (Phi) is 3.49. The minimum Gasteiger partial charge on any atom is -0.373 e. The standard InChI is InChI=1S/C20H24N2O2/c1-12-4-2-3-5-16(12)18-17(20(24-22-18)13-6-7-13)11-23-19-14-8-15(19)10-21-9-14/h2-5,13-15,19,21H,6-11H2,1H3. The second-order valence-corrected chi connectivity index (χ2v) is 7.65. The molecule has 1 aliphatic heterocycles. The molecule has 2 saturated carbocycles. The third kappa shape index (κ3) is 2.40. The van der Waals surface area contributed by atoms with Crippen molar-refractivity contribution >= 4 is 0 Å². The molecule has 2 atom stereocenters. The number of aryl methyl sites for hydroxylation is 1. The monoisotopic (exact) mass is 324 g/mol. The van der Waals surface area contributed by atoms with Crippen molar-refractivity contribution in [3.05, 3.63) is 41.2 Å². The lowest BCUT2D eigenvalue weighted by Gasteiger charge is -2.49. The molecule has 2 unspecified atom stereocenters. The van der Waals surface area contributed by atoms with E-state index in [0.29, 0.717) is 30.5 Å². The topological polar surface area (TPSA) is 47.3 Å². The van der Waals surface area contributed by atoms with E-state index in [1.54, 1.807) is 0 Å². The lowest BCUT2D eigenvalue weighted by Crippen LogP contribution is -2.57. The van der Waals surface area contributed by atoms with Crippen LogP contribution < -0.4 is 5.32 Å². The predicted octanol–water partition coefficient (Wildman–Crippen LogP) is 3.65. The lowest BCUT2D eigenvalue weighted by molar-refractivity contribution is -0.118. The maximum Gasteiger partial charge on any atom is 0.145 e. The van der Waals surface area contributed by atoms with Gasteiger partial charge in [0, 0.05) is 30.1 Å². The van der Waals surface area contributed by atoms with E-state index >= 15 is 0 Å². The summed E-state index contributed by atoms with van der Waals surface area (Å²) < 4.78 is 12.1. The van der Waals surface area contributed by atoms with E-state index < -0.39 is 0 Å². The summed E-state index contributed by atoms with van der Waals surface area (Å²) in [7, 11) is 0. The van der Waals surface area contributed by atoms with Gasteiger partial charge in [-0.1, -0.05) is 29.4 Å². The molecule has 0 spiro atoms. The van der Waals surface area contributed by atoms with Gasteiger partial charge < -0.3 is 14.6 Å². The van der Waals surface area contributed by atoms with Gasteiger partial charge in [-0.25, -0.2) is 0 Å². The first-order chi connectivity index (χ1) is 11.8. The Bertz CT molecular complexity index is 736. The van der Waals surface area contributed by atoms with Gasteiger partial charge in [-0.2, -0.15) is 0 Å². The zero-order chi connectivity index (χ0) is 16.1. The summed E-state index contributed by atoms with van der Waals surface area (Å²) >= 11 is 0. The van der Waals surface area contributed by atoms with Crippen molar-refractivity contribution in [3.63, 3.8) is 0 Å². The second kappa shape index (κ2) is 5.71. The van der Waals surface area contributed by atoms with Gasteiger partial charge in [0.2, 0.25) is 0 Å². The molecule has 1 aromatic heterocycles. The van der Waals surface area contributed by atoms with Crippen LogP contribution in [0.4, 0.5) is 0 Å². The Balaban J connectivity index is 1.43. The number of piperidine rings is 2. The second-order valence-electron chi connectivity index (χ2n) is 7.65.